The molecule has 0 aliphatic carbocycles. The first-order chi connectivity index (χ1) is 9.40. The van der Waals surface area contributed by atoms with Gasteiger partial charge in [-0.1, -0.05) is 23.4 Å². The molecule has 1 atom stereocenters. The lowest BCUT2D eigenvalue weighted by Crippen LogP contribution is -2.15. The zero-order chi connectivity index (χ0) is 12.9. The van der Waals surface area contributed by atoms with Crippen molar-refractivity contribution in [2.24, 2.45) is 0 Å². The van der Waals surface area contributed by atoms with Crippen LogP contribution in [0.5, 0.6) is 0 Å². The van der Waals surface area contributed by atoms with E-state index in [1.54, 1.807) is 0 Å². The molecule has 0 spiro atoms. The van der Waals surface area contributed by atoms with Crippen molar-refractivity contribution < 1.29 is 4.74 Å². The lowest BCUT2D eigenvalue weighted by molar-refractivity contribution is 0.0935. The molecule has 100 valence electrons. The maximum absolute atomic E-state index is 5.59. The fourth-order valence-electron chi connectivity index (χ4n) is 2.25. The van der Waals surface area contributed by atoms with Gasteiger partial charge in [-0.15, -0.1) is 5.10 Å². The minimum atomic E-state index is 0.302. The fraction of sp³-hybridized carbons (Fsp3) is 0.429. The number of benzene rings is 1. The van der Waals surface area contributed by atoms with E-state index < -0.39 is 0 Å². The van der Waals surface area contributed by atoms with Gasteiger partial charge in [0.15, 0.2) is 0 Å². The Kier molecular flexibility index (Phi) is 3.74. The Morgan fingerprint density at radius 2 is 2.21 bits per heavy atom. The molecule has 0 bridgehead atoms. The Balaban J connectivity index is 1.53. The van der Waals surface area contributed by atoms with Crippen molar-refractivity contribution in [3.8, 4) is 0 Å². The van der Waals surface area contributed by atoms with Crippen molar-refractivity contribution in [1.82, 2.24) is 15.0 Å². The Labute approximate surface area is 112 Å². The smallest absolute Gasteiger partial charge is 0.102 e. The zero-order valence-electron chi connectivity index (χ0n) is 10.8. The average Bonchev–Trinajstić information content (AvgIpc) is 3.10. The van der Waals surface area contributed by atoms with Crippen LogP contribution in [0.4, 0.5) is 5.69 Å². The molecule has 1 aliphatic rings. The summed E-state index contributed by atoms with van der Waals surface area (Å²) in [6, 6.07) is 10.1. The van der Waals surface area contributed by atoms with Crippen LogP contribution >= 0.6 is 0 Å². The van der Waals surface area contributed by atoms with Crippen LogP contribution in [-0.2, 0) is 17.8 Å². The Bertz CT molecular complexity index is 505. The zero-order valence-corrected chi connectivity index (χ0v) is 10.8. The predicted octanol–water partition coefficient (Wildman–Crippen LogP) is 2.07. The van der Waals surface area contributed by atoms with Gasteiger partial charge in [-0.3, -0.25) is 0 Å². The highest BCUT2D eigenvalue weighted by Gasteiger charge is 2.16. The number of rotatable bonds is 5. The van der Waals surface area contributed by atoms with Gasteiger partial charge >= 0.3 is 0 Å². The van der Waals surface area contributed by atoms with Crippen LogP contribution in [0.2, 0.25) is 0 Å². The predicted molar refractivity (Wildman–Crippen MR) is 72.8 cm³/mol. The van der Waals surface area contributed by atoms with Crippen LogP contribution < -0.4 is 5.32 Å². The SMILES string of the molecule is c1ccc(NCc2cn(CC3CCCO3)nn2)cc1. The summed E-state index contributed by atoms with van der Waals surface area (Å²) in [4.78, 5) is 0. The third-order valence-electron chi connectivity index (χ3n) is 3.25. The number of aromatic nitrogens is 3. The lowest BCUT2D eigenvalue weighted by Gasteiger charge is -2.07. The van der Waals surface area contributed by atoms with Gasteiger partial charge in [0.25, 0.3) is 0 Å². The minimum absolute atomic E-state index is 0.302. The average molecular weight is 258 g/mol. The van der Waals surface area contributed by atoms with E-state index in [0.717, 1.165) is 37.4 Å². The molecule has 2 aromatic rings. The maximum atomic E-state index is 5.59. The molecule has 3 rings (SSSR count). The second-order valence-electron chi connectivity index (χ2n) is 4.79. The minimum Gasteiger partial charge on any atom is -0.379 e. The fourth-order valence-corrected chi connectivity index (χ4v) is 2.25. The molecule has 19 heavy (non-hydrogen) atoms. The summed E-state index contributed by atoms with van der Waals surface area (Å²) in [7, 11) is 0. The molecule has 1 N–H and O–H groups in total. The van der Waals surface area contributed by atoms with Gasteiger partial charge in [0.1, 0.15) is 5.69 Å². The highest BCUT2D eigenvalue weighted by Crippen LogP contribution is 2.13. The van der Waals surface area contributed by atoms with E-state index >= 15 is 0 Å². The number of ether oxygens (including phenoxy) is 1. The van der Waals surface area contributed by atoms with Crippen molar-refractivity contribution in [3.63, 3.8) is 0 Å². The number of hydrogen-bond donors (Lipinski definition) is 1. The van der Waals surface area contributed by atoms with Crippen molar-refractivity contribution in [3.05, 3.63) is 42.2 Å². The Hall–Kier alpha value is -1.88. The van der Waals surface area contributed by atoms with Crippen molar-refractivity contribution >= 4 is 5.69 Å². The van der Waals surface area contributed by atoms with Gasteiger partial charge in [0.05, 0.1) is 25.4 Å². The number of hydrogen-bond acceptors (Lipinski definition) is 4. The Morgan fingerprint density at radius 3 is 3.00 bits per heavy atom. The van der Waals surface area contributed by atoms with Crippen molar-refractivity contribution in [2.75, 3.05) is 11.9 Å². The monoisotopic (exact) mass is 258 g/mol. The molecular weight excluding hydrogens is 240 g/mol. The number of anilines is 1. The third kappa shape index (κ3) is 3.32. The summed E-state index contributed by atoms with van der Waals surface area (Å²) < 4.78 is 7.46. The summed E-state index contributed by atoms with van der Waals surface area (Å²) in [6.07, 6.45) is 4.56. The normalized spacial score (nSPS) is 18.6. The summed E-state index contributed by atoms with van der Waals surface area (Å²) in [5, 5.41) is 11.6. The van der Waals surface area contributed by atoms with Crippen molar-refractivity contribution in [2.45, 2.75) is 32.0 Å². The van der Waals surface area contributed by atoms with E-state index in [1.165, 1.54) is 0 Å². The first-order valence-electron chi connectivity index (χ1n) is 6.70. The molecule has 5 nitrogen and oxygen atoms in total. The van der Waals surface area contributed by atoms with Crippen LogP contribution in [0.1, 0.15) is 18.5 Å². The summed E-state index contributed by atoms with van der Waals surface area (Å²) >= 11 is 0. The maximum Gasteiger partial charge on any atom is 0.102 e. The molecule has 5 heteroatoms. The summed E-state index contributed by atoms with van der Waals surface area (Å²) in [6.45, 7) is 2.37. The molecule has 1 saturated heterocycles. The number of para-hydroxylation sites is 1. The topological polar surface area (TPSA) is 52.0 Å². The molecule has 0 amide bonds. The molecule has 0 saturated carbocycles. The lowest BCUT2D eigenvalue weighted by atomic mass is 10.2. The van der Waals surface area contributed by atoms with E-state index in [1.807, 2.05) is 41.2 Å². The van der Waals surface area contributed by atoms with Gasteiger partial charge in [-0.05, 0) is 25.0 Å². The van der Waals surface area contributed by atoms with Crippen LogP contribution in [0, 0.1) is 0 Å². The molecular formula is C14H18N4O. The van der Waals surface area contributed by atoms with E-state index in [9.17, 15) is 0 Å². The largest absolute Gasteiger partial charge is 0.379 e. The van der Waals surface area contributed by atoms with Gasteiger partial charge in [-0.25, -0.2) is 4.68 Å². The molecule has 1 aromatic heterocycles. The van der Waals surface area contributed by atoms with Gasteiger partial charge in [0.2, 0.25) is 0 Å². The number of nitrogens with zero attached hydrogens (tertiary/aromatic N) is 3. The second-order valence-corrected chi connectivity index (χ2v) is 4.79. The highest BCUT2D eigenvalue weighted by molar-refractivity contribution is 5.42. The Morgan fingerprint density at radius 1 is 1.32 bits per heavy atom. The molecule has 0 radical (unpaired) electrons. The quantitative estimate of drug-likeness (QED) is 0.892. The van der Waals surface area contributed by atoms with Crippen LogP contribution in [0.15, 0.2) is 36.5 Å². The van der Waals surface area contributed by atoms with Gasteiger partial charge in [0, 0.05) is 12.3 Å². The van der Waals surface area contributed by atoms with Crippen LogP contribution in [0.25, 0.3) is 0 Å². The van der Waals surface area contributed by atoms with E-state index in [2.05, 4.69) is 15.6 Å². The van der Waals surface area contributed by atoms with E-state index in [4.69, 9.17) is 4.74 Å². The first-order valence-corrected chi connectivity index (χ1v) is 6.70. The molecule has 1 unspecified atom stereocenters. The first kappa shape index (κ1) is 12.2. The standard InChI is InChI=1S/C14H18N4O/c1-2-5-12(6-3-1)15-9-13-10-18(17-16-13)11-14-7-4-8-19-14/h1-3,5-6,10,14-15H,4,7-9,11H2. The van der Waals surface area contributed by atoms with Crippen LogP contribution in [-0.4, -0.2) is 27.7 Å². The highest BCUT2D eigenvalue weighted by atomic mass is 16.5. The summed E-state index contributed by atoms with van der Waals surface area (Å²) in [5.74, 6) is 0. The third-order valence-corrected chi connectivity index (χ3v) is 3.25. The van der Waals surface area contributed by atoms with Gasteiger partial charge in [-0.2, -0.15) is 0 Å². The van der Waals surface area contributed by atoms with E-state index in [-0.39, 0.29) is 0 Å². The summed E-state index contributed by atoms with van der Waals surface area (Å²) in [5.41, 5.74) is 2.04. The molecule has 1 aromatic carbocycles. The van der Waals surface area contributed by atoms with Crippen LogP contribution in [0.3, 0.4) is 0 Å². The van der Waals surface area contributed by atoms with Crippen molar-refractivity contribution in [1.29, 1.82) is 0 Å². The second kappa shape index (κ2) is 5.84. The van der Waals surface area contributed by atoms with Gasteiger partial charge < -0.3 is 10.1 Å². The molecule has 2 heterocycles. The molecule has 1 fully saturated rings. The molecule has 1 aliphatic heterocycles. The number of nitrogens with one attached hydrogen (secondary N) is 1. The van der Waals surface area contributed by atoms with E-state index in [0.29, 0.717) is 12.6 Å².